The smallest absolute Gasteiger partial charge is 0.306 e. The van der Waals surface area contributed by atoms with Crippen molar-refractivity contribution in [1.29, 1.82) is 0 Å². The molecule has 1 N–H and O–H groups in total. The van der Waals surface area contributed by atoms with E-state index in [0.29, 0.717) is 5.65 Å². The number of nitrogens with zero attached hydrogens (tertiary/aromatic N) is 4. The van der Waals surface area contributed by atoms with Gasteiger partial charge < -0.3 is 9.05 Å². The van der Waals surface area contributed by atoms with Crippen molar-refractivity contribution < 1.29 is 18.0 Å². The lowest BCUT2D eigenvalue weighted by Gasteiger charge is -2.30. The number of imidazole rings is 1. The van der Waals surface area contributed by atoms with E-state index in [9.17, 15) is 14.0 Å². The van der Waals surface area contributed by atoms with Gasteiger partial charge in [-0.05, 0) is 66.4 Å². The monoisotopic (exact) mass is 493 g/mol. The molecule has 34 heavy (non-hydrogen) atoms. The van der Waals surface area contributed by atoms with Crippen molar-refractivity contribution in [2.24, 2.45) is 0 Å². The number of aromatic amines is 1. The lowest BCUT2D eigenvalue weighted by molar-refractivity contribution is 0.0230. The molecule has 0 radical (unpaired) electrons. The standard InChI is InChI=1S/C22H29FN5O5P/c1-21(2,3)32-34(33-22(4,5)6)31-12-27-11-15(19(29)25-20(27)30)16-9-14(13-7-8-13)18-24-10-17(23)28(18)26-16/h9-11,13H,7-8,12H2,1-6H3,(H,25,29,30). The van der Waals surface area contributed by atoms with E-state index in [1.54, 1.807) is 6.07 Å². The van der Waals surface area contributed by atoms with Crippen LogP contribution in [0.25, 0.3) is 16.9 Å². The van der Waals surface area contributed by atoms with Crippen molar-refractivity contribution >= 4 is 14.2 Å². The van der Waals surface area contributed by atoms with Crippen LogP contribution in [0.15, 0.2) is 28.0 Å². The van der Waals surface area contributed by atoms with Gasteiger partial charge in [-0.15, -0.1) is 0 Å². The van der Waals surface area contributed by atoms with Gasteiger partial charge in [-0.3, -0.25) is 18.9 Å². The number of rotatable bonds is 7. The number of hydrogen-bond acceptors (Lipinski definition) is 7. The minimum atomic E-state index is -1.80. The molecule has 3 aromatic heterocycles. The van der Waals surface area contributed by atoms with Gasteiger partial charge in [-0.2, -0.15) is 14.0 Å². The Labute approximate surface area is 197 Å². The van der Waals surface area contributed by atoms with Crippen LogP contribution in [0.4, 0.5) is 4.39 Å². The molecule has 1 aliphatic rings. The van der Waals surface area contributed by atoms with Crippen molar-refractivity contribution in [1.82, 2.24) is 24.1 Å². The molecule has 1 aliphatic carbocycles. The van der Waals surface area contributed by atoms with Gasteiger partial charge in [0.25, 0.3) is 5.56 Å². The summed E-state index contributed by atoms with van der Waals surface area (Å²) in [6, 6.07) is 1.73. The predicted molar refractivity (Wildman–Crippen MR) is 125 cm³/mol. The van der Waals surface area contributed by atoms with Crippen molar-refractivity contribution in [3.63, 3.8) is 0 Å². The van der Waals surface area contributed by atoms with Crippen LogP contribution in [0.5, 0.6) is 0 Å². The molecule has 1 saturated carbocycles. The molecule has 0 unspecified atom stereocenters. The fourth-order valence-electron chi connectivity index (χ4n) is 3.21. The Balaban J connectivity index is 1.67. The van der Waals surface area contributed by atoms with Gasteiger partial charge in [0.2, 0.25) is 5.95 Å². The highest BCUT2D eigenvalue weighted by Gasteiger charge is 2.29. The molecule has 0 amide bonds. The molecule has 0 aromatic carbocycles. The second-order valence-corrected chi connectivity index (χ2v) is 11.3. The predicted octanol–water partition coefficient (Wildman–Crippen LogP) is 4.09. The first kappa shape index (κ1) is 24.7. The number of fused-ring (bicyclic) bond motifs is 1. The van der Waals surface area contributed by atoms with E-state index in [0.717, 1.165) is 29.1 Å². The van der Waals surface area contributed by atoms with Crippen LogP contribution in [0.2, 0.25) is 0 Å². The highest BCUT2D eigenvalue weighted by Crippen LogP contribution is 2.47. The maximum Gasteiger partial charge on any atom is 0.335 e. The van der Waals surface area contributed by atoms with Gasteiger partial charge >= 0.3 is 14.3 Å². The van der Waals surface area contributed by atoms with Crippen molar-refractivity contribution in [3.05, 3.63) is 50.8 Å². The Morgan fingerprint density at radius 2 is 1.79 bits per heavy atom. The van der Waals surface area contributed by atoms with Gasteiger partial charge in [0.05, 0.1) is 28.7 Å². The van der Waals surface area contributed by atoms with E-state index in [1.165, 1.54) is 10.8 Å². The summed E-state index contributed by atoms with van der Waals surface area (Å²) in [6.07, 6.45) is 4.37. The normalized spacial score (nSPS) is 14.9. The molecular formula is C22H29FN5O5P. The van der Waals surface area contributed by atoms with E-state index in [4.69, 9.17) is 13.6 Å². The lowest BCUT2D eigenvalue weighted by Crippen LogP contribution is -2.31. The van der Waals surface area contributed by atoms with Crippen LogP contribution in [0.1, 0.15) is 65.9 Å². The van der Waals surface area contributed by atoms with Crippen molar-refractivity contribution in [2.75, 3.05) is 0 Å². The zero-order chi connectivity index (χ0) is 24.8. The summed E-state index contributed by atoms with van der Waals surface area (Å²) in [5, 5.41) is 4.26. The number of halogens is 1. The van der Waals surface area contributed by atoms with Crippen LogP contribution in [-0.2, 0) is 20.3 Å². The molecule has 3 heterocycles. The summed E-state index contributed by atoms with van der Waals surface area (Å²) in [7, 11) is -1.80. The third-order valence-electron chi connectivity index (χ3n) is 4.76. The summed E-state index contributed by atoms with van der Waals surface area (Å²) < 4.78 is 34.1. The number of aromatic nitrogens is 5. The van der Waals surface area contributed by atoms with Gasteiger partial charge in [-0.25, -0.2) is 9.78 Å². The second-order valence-electron chi connectivity index (χ2n) is 10.2. The van der Waals surface area contributed by atoms with Crippen LogP contribution < -0.4 is 11.2 Å². The van der Waals surface area contributed by atoms with Crippen LogP contribution in [-0.4, -0.2) is 35.4 Å². The molecule has 0 spiro atoms. The quantitative estimate of drug-likeness (QED) is 0.493. The Hall–Kier alpha value is -2.46. The summed E-state index contributed by atoms with van der Waals surface area (Å²) in [5.74, 6) is -0.386. The molecule has 0 aliphatic heterocycles. The second kappa shape index (κ2) is 8.96. The Kier molecular flexibility index (Phi) is 6.50. The maximum absolute atomic E-state index is 14.3. The van der Waals surface area contributed by atoms with Crippen LogP contribution >= 0.6 is 8.60 Å². The Morgan fingerprint density at radius 1 is 1.15 bits per heavy atom. The van der Waals surface area contributed by atoms with Crippen LogP contribution in [0, 0.1) is 5.95 Å². The summed E-state index contributed by atoms with van der Waals surface area (Å²) >= 11 is 0. The lowest BCUT2D eigenvalue weighted by atomic mass is 10.1. The topological polar surface area (TPSA) is 113 Å². The van der Waals surface area contributed by atoms with E-state index < -0.39 is 37.0 Å². The van der Waals surface area contributed by atoms with Crippen molar-refractivity contribution in [3.8, 4) is 11.3 Å². The summed E-state index contributed by atoms with van der Waals surface area (Å²) in [5.41, 5.74) is -0.763. The molecule has 10 nitrogen and oxygen atoms in total. The molecule has 0 bridgehead atoms. The number of H-pyrrole nitrogens is 1. The van der Waals surface area contributed by atoms with Crippen molar-refractivity contribution in [2.45, 2.75) is 78.2 Å². The first-order valence-corrected chi connectivity index (χ1v) is 12.1. The zero-order valence-electron chi connectivity index (χ0n) is 20.1. The van der Waals surface area contributed by atoms with E-state index in [2.05, 4.69) is 15.1 Å². The zero-order valence-corrected chi connectivity index (χ0v) is 21.0. The number of nitrogens with one attached hydrogen (secondary N) is 1. The third kappa shape index (κ3) is 5.78. The van der Waals surface area contributed by atoms with Gasteiger partial charge in [0.15, 0.2) is 5.65 Å². The number of hydrogen-bond donors (Lipinski definition) is 1. The molecule has 184 valence electrons. The minimum absolute atomic E-state index is 0.109. The van der Waals surface area contributed by atoms with Crippen LogP contribution in [0.3, 0.4) is 0 Å². The largest absolute Gasteiger partial charge is 0.335 e. The van der Waals surface area contributed by atoms with Gasteiger partial charge in [-0.1, -0.05) is 0 Å². The highest BCUT2D eigenvalue weighted by molar-refractivity contribution is 7.41. The summed E-state index contributed by atoms with van der Waals surface area (Å²) in [4.78, 5) is 31.5. The highest BCUT2D eigenvalue weighted by atomic mass is 31.2. The average Bonchev–Trinajstić information content (AvgIpc) is 3.47. The maximum atomic E-state index is 14.3. The minimum Gasteiger partial charge on any atom is -0.306 e. The van der Waals surface area contributed by atoms with Gasteiger partial charge in [0, 0.05) is 11.8 Å². The van der Waals surface area contributed by atoms with E-state index >= 15 is 0 Å². The fourth-order valence-corrected chi connectivity index (χ4v) is 4.46. The molecule has 1 fully saturated rings. The SMILES string of the molecule is CC(C)(C)OP(OCn1cc(-c2cc(C3CC3)c3ncc(F)n3n2)c(=O)[nH]c1=O)OC(C)(C)C. The molecule has 3 aromatic rings. The molecule has 4 rings (SSSR count). The summed E-state index contributed by atoms with van der Waals surface area (Å²) in [6.45, 7) is 11.0. The third-order valence-corrected chi connectivity index (χ3v) is 6.48. The van der Waals surface area contributed by atoms with E-state index in [1.807, 2.05) is 41.5 Å². The molecule has 0 atom stereocenters. The Bertz CT molecular complexity index is 1300. The van der Waals surface area contributed by atoms with Gasteiger partial charge in [0.1, 0.15) is 6.73 Å². The molecule has 0 saturated heterocycles. The molecule has 12 heteroatoms. The average molecular weight is 493 g/mol. The molecular weight excluding hydrogens is 464 g/mol. The fraction of sp³-hybridized carbons (Fsp3) is 0.545. The Morgan fingerprint density at radius 3 is 2.38 bits per heavy atom. The first-order valence-electron chi connectivity index (χ1n) is 11.0. The van der Waals surface area contributed by atoms with E-state index in [-0.39, 0.29) is 23.9 Å². The first-order chi connectivity index (χ1) is 15.8.